The lowest BCUT2D eigenvalue weighted by Crippen LogP contribution is -2.44. The topological polar surface area (TPSA) is 52.6 Å². The van der Waals surface area contributed by atoms with Gasteiger partial charge in [-0.3, -0.25) is 10.1 Å². The Morgan fingerprint density at radius 2 is 2.25 bits per heavy atom. The van der Waals surface area contributed by atoms with E-state index in [1.807, 2.05) is 11.8 Å². The van der Waals surface area contributed by atoms with Gasteiger partial charge in [0.1, 0.15) is 0 Å². The molecule has 0 spiro atoms. The van der Waals surface area contributed by atoms with E-state index in [0.717, 1.165) is 25.9 Å². The highest BCUT2D eigenvalue weighted by Gasteiger charge is 2.24. The molecule has 16 heavy (non-hydrogen) atoms. The summed E-state index contributed by atoms with van der Waals surface area (Å²) in [6.45, 7) is 4.04. The molecule has 1 fully saturated rings. The second kappa shape index (κ2) is 6.51. The van der Waals surface area contributed by atoms with Gasteiger partial charge in [-0.15, -0.1) is 6.42 Å². The molecule has 0 aromatic heterocycles. The number of carbonyl (C=O) groups excluding carboxylic acids is 1. The number of amides is 1. The minimum absolute atomic E-state index is 0.0966. The average molecular weight is 224 g/mol. The fourth-order valence-electron chi connectivity index (χ4n) is 1.98. The second-order valence-corrected chi connectivity index (χ2v) is 4.27. The Balaban J connectivity index is 2.25. The summed E-state index contributed by atoms with van der Waals surface area (Å²) in [6, 6.07) is 0. The number of rotatable bonds is 4. The number of carbonyl (C=O) groups is 1. The van der Waals surface area contributed by atoms with Gasteiger partial charge in [-0.1, -0.05) is 5.92 Å². The van der Waals surface area contributed by atoms with E-state index in [9.17, 15) is 9.90 Å². The Hall–Kier alpha value is -1.05. The quantitative estimate of drug-likeness (QED) is 0.515. The molecule has 1 unspecified atom stereocenters. The fraction of sp³-hybridized carbons (Fsp3) is 0.750. The number of piperidine rings is 1. The summed E-state index contributed by atoms with van der Waals surface area (Å²) in [4.78, 5) is 13.5. The van der Waals surface area contributed by atoms with Crippen LogP contribution in [0.4, 0.5) is 0 Å². The highest BCUT2D eigenvalue weighted by atomic mass is 16.3. The maximum Gasteiger partial charge on any atom is 0.236 e. The molecule has 1 atom stereocenters. The highest BCUT2D eigenvalue weighted by molar-refractivity contribution is 5.78. The summed E-state index contributed by atoms with van der Waals surface area (Å²) in [5.41, 5.74) is 0. The zero-order chi connectivity index (χ0) is 12.0. The molecule has 1 rings (SSSR count). The van der Waals surface area contributed by atoms with Crippen LogP contribution in [0.15, 0.2) is 0 Å². The van der Waals surface area contributed by atoms with Gasteiger partial charge in [-0.25, -0.2) is 0 Å². The Morgan fingerprint density at radius 1 is 1.62 bits per heavy atom. The highest BCUT2D eigenvalue weighted by Crippen LogP contribution is 2.20. The van der Waals surface area contributed by atoms with E-state index in [4.69, 9.17) is 6.42 Å². The summed E-state index contributed by atoms with van der Waals surface area (Å²) in [5.74, 6) is 2.87. The van der Waals surface area contributed by atoms with Crippen molar-refractivity contribution < 1.29 is 9.90 Å². The Kier molecular flexibility index (Phi) is 5.30. The van der Waals surface area contributed by atoms with Gasteiger partial charge in [-0.2, -0.15) is 0 Å². The number of terminal acetylenes is 1. The number of nitrogens with zero attached hydrogens (tertiary/aromatic N) is 1. The largest absolute Gasteiger partial charge is 0.393 e. The van der Waals surface area contributed by atoms with Crippen LogP contribution in [-0.2, 0) is 4.79 Å². The zero-order valence-corrected chi connectivity index (χ0v) is 9.78. The number of nitrogens with one attached hydrogen (secondary N) is 1. The van der Waals surface area contributed by atoms with E-state index < -0.39 is 0 Å². The van der Waals surface area contributed by atoms with Gasteiger partial charge in [0.05, 0.1) is 19.2 Å². The maximum absolute atomic E-state index is 11.7. The molecule has 1 aliphatic heterocycles. The van der Waals surface area contributed by atoms with Gasteiger partial charge in [-0.05, 0) is 25.7 Å². The van der Waals surface area contributed by atoms with Crippen molar-refractivity contribution in [3.63, 3.8) is 0 Å². The summed E-state index contributed by atoms with van der Waals surface area (Å²) in [6.07, 6.45) is 6.59. The first-order chi connectivity index (χ1) is 7.65. The zero-order valence-electron chi connectivity index (χ0n) is 9.78. The number of aliphatic hydroxyl groups is 1. The number of likely N-dealkylation sites (tertiary alicyclic amines) is 1. The van der Waals surface area contributed by atoms with Gasteiger partial charge < -0.3 is 10.0 Å². The Labute approximate surface area is 97.0 Å². The third-order valence-electron chi connectivity index (χ3n) is 3.08. The smallest absolute Gasteiger partial charge is 0.236 e. The molecule has 2 N–H and O–H groups in total. The molecule has 4 nitrogen and oxygen atoms in total. The molecule has 1 heterocycles. The first-order valence-electron chi connectivity index (χ1n) is 5.75. The lowest BCUT2D eigenvalue weighted by Gasteiger charge is -2.33. The third-order valence-corrected chi connectivity index (χ3v) is 3.08. The minimum Gasteiger partial charge on any atom is -0.393 e. The molecule has 1 saturated heterocycles. The molecule has 1 amide bonds. The molecule has 1 aliphatic rings. The maximum atomic E-state index is 11.7. The number of hydrogen-bond donors (Lipinski definition) is 2. The van der Waals surface area contributed by atoms with Crippen LogP contribution in [0.5, 0.6) is 0 Å². The van der Waals surface area contributed by atoms with Gasteiger partial charge in [0.25, 0.3) is 0 Å². The van der Waals surface area contributed by atoms with Crippen LogP contribution in [0.2, 0.25) is 0 Å². The second-order valence-electron chi connectivity index (χ2n) is 4.27. The average Bonchev–Trinajstić information content (AvgIpc) is 2.29. The molecule has 0 saturated carbocycles. The van der Waals surface area contributed by atoms with Crippen LogP contribution in [-0.4, -0.2) is 48.2 Å². The predicted octanol–water partition coefficient (Wildman–Crippen LogP) is -0.171. The predicted molar refractivity (Wildman–Crippen MR) is 62.7 cm³/mol. The fourth-order valence-corrected chi connectivity index (χ4v) is 1.98. The van der Waals surface area contributed by atoms with E-state index in [0.29, 0.717) is 19.0 Å². The van der Waals surface area contributed by atoms with Crippen molar-refractivity contribution >= 4 is 5.91 Å². The van der Waals surface area contributed by atoms with Crippen molar-refractivity contribution in [3.8, 4) is 12.3 Å². The molecule has 0 bridgehead atoms. The van der Waals surface area contributed by atoms with Crippen molar-refractivity contribution in [2.45, 2.75) is 25.9 Å². The molecule has 0 aromatic carbocycles. The molecular weight excluding hydrogens is 204 g/mol. The summed E-state index contributed by atoms with van der Waals surface area (Å²) in [5, 5.41) is 12.3. The van der Waals surface area contributed by atoms with Crippen LogP contribution in [0, 0.1) is 18.3 Å². The van der Waals surface area contributed by atoms with Crippen LogP contribution < -0.4 is 5.32 Å². The van der Waals surface area contributed by atoms with Crippen molar-refractivity contribution in [3.05, 3.63) is 0 Å². The van der Waals surface area contributed by atoms with E-state index in [1.54, 1.807) is 0 Å². The SMILES string of the molecule is C#CCNCC(=O)N1CCC(C(C)O)CC1. The van der Waals surface area contributed by atoms with Crippen molar-refractivity contribution in [2.75, 3.05) is 26.2 Å². The van der Waals surface area contributed by atoms with Gasteiger partial charge in [0, 0.05) is 13.1 Å². The molecule has 0 aromatic rings. The standard InChI is InChI=1S/C12H20N2O2/c1-3-6-13-9-12(16)14-7-4-11(5-8-14)10(2)15/h1,10-11,13,15H,4-9H2,2H3. The summed E-state index contributed by atoms with van der Waals surface area (Å²) in [7, 11) is 0. The number of aliphatic hydroxyl groups excluding tert-OH is 1. The van der Waals surface area contributed by atoms with Crippen molar-refractivity contribution in [2.24, 2.45) is 5.92 Å². The molecular formula is C12H20N2O2. The van der Waals surface area contributed by atoms with Crippen LogP contribution in [0.3, 0.4) is 0 Å². The van der Waals surface area contributed by atoms with E-state index >= 15 is 0 Å². The third kappa shape index (κ3) is 3.84. The summed E-state index contributed by atoms with van der Waals surface area (Å²) < 4.78 is 0. The van der Waals surface area contributed by atoms with E-state index in [2.05, 4.69) is 11.2 Å². The molecule has 4 heteroatoms. The Morgan fingerprint density at radius 3 is 2.75 bits per heavy atom. The van der Waals surface area contributed by atoms with Crippen molar-refractivity contribution in [1.82, 2.24) is 10.2 Å². The first kappa shape index (κ1) is 13.0. The minimum atomic E-state index is -0.267. The van der Waals surface area contributed by atoms with Gasteiger partial charge >= 0.3 is 0 Å². The van der Waals surface area contributed by atoms with Gasteiger partial charge in [0.15, 0.2) is 0 Å². The van der Waals surface area contributed by atoms with Crippen LogP contribution >= 0.6 is 0 Å². The van der Waals surface area contributed by atoms with E-state index in [1.165, 1.54) is 0 Å². The van der Waals surface area contributed by atoms with Gasteiger partial charge in [0.2, 0.25) is 5.91 Å². The Bertz CT molecular complexity index is 263. The lowest BCUT2D eigenvalue weighted by molar-refractivity contribution is -0.132. The monoisotopic (exact) mass is 224 g/mol. The molecule has 90 valence electrons. The molecule has 0 aliphatic carbocycles. The van der Waals surface area contributed by atoms with Crippen LogP contribution in [0.25, 0.3) is 0 Å². The van der Waals surface area contributed by atoms with E-state index in [-0.39, 0.29) is 12.0 Å². The van der Waals surface area contributed by atoms with Crippen LogP contribution in [0.1, 0.15) is 19.8 Å². The normalized spacial score (nSPS) is 19.2. The molecule has 0 radical (unpaired) electrons. The first-order valence-corrected chi connectivity index (χ1v) is 5.75. The van der Waals surface area contributed by atoms with Crippen molar-refractivity contribution in [1.29, 1.82) is 0 Å². The lowest BCUT2D eigenvalue weighted by atomic mass is 9.92. The summed E-state index contributed by atoms with van der Waals surface area (Å²) >= 11 is 0. The number of hydrogen-bond acceptors (Lipinski definition) is 3.